The molecule has 110 valence electrons. The van der Waals surface area contributed by atoms with Crippen molar-refractivity contribution in [1.29, 1.82) is 0 Å². The van der Waals surface area contributed by atoms with Crippen LogP contribution in [0.25, 0.3) is 11.0 Å². The molecule has 2 aromatic rings. The lowest BCUT2D eigenvalue weighted by atomic mass is 9.94. The monoisotopic (exact) mass is 276 g/mol. The first-order valence-electron chi connectivity index (χ1n) is 7.52. The molecule has 0 bridgehead atoms. The number of aliphatic hydroxyl groups is 1. The molecule has 0 atom stereocenters. The molecule has 1 aromatic heterocycles. The zero-order chi connectivity index (χ0) is 14.6. The van der Waals surface area contributed by atoms with Crippen molar-refractivity contribution < 1.29 is 14.3 Å². The molecular weight excluding hydrogens is 252 g/mol. The van der Waals surface area contributed by atoms with E-state index in [1.54, 1.807) is 0 Å². The molecule has 3 nitrogen and oxygen atoms in total. The van der Waals surface area contributed by atoms with Crippen LogP contribution in [0.5, 0.6) is 5.75 Å². The highest BCUT2D eigenvalue weighted by molar-refractivity contribution is 5.79. The van der Waals surface area contributed by atoms with Gasteiger partial charge in [0, 0.05) is 11.5 Å². The van der Waals surface area contributed by atoms with E-state index in [1.165, 1.54) is 0 Å². The Morgan fingerprint density at radius 3 is 2.55 bits per heavy atom. The van der Waals surface area contributed by atoms with Crippen LogP contribution >= 0.6 is 0 Å². The summed E-state index contributed by atoms with van der Waals surface area (Å²) in [6.07, 6.45) is 3.45. The summed E-state index contributed by atoms with van der Waals surface area (Å²) in [5.41, 5.74) is -0.100. The van der Waals surface area contributed by atoms with Crippen LogP contribution in [0.1, 0.15) is 52.2 Å². The quantitative estimate of drug-likeness (QED) is 0.750. The van der Waals surface area contributed by atoms with Gasteiger partial charge in [-0.3, -0.25) is 0 Å². The first-order chi connectivity index (χ1) is 9.62. The summed E-state index contributed by atoms with van der Waals surface area (Å²) >= 11 is 0. The molecule has 0 amide bonds. The number of ether oxygens (including phenoxy) is 1. The van der Waals surface area contributed by atoms with Crippen molar-refractivity contribution >= 4 is 11.0 Å². The molecule has 0 aliphatic heterocycles. The molecule has 0 aliphatic carbocycles. The number of unbranched alkanes of at least 4 members (excludes halogenated alkanes) is 1. The Balaban J connectivity index is 2.25. The third kappa shape index (κ3) is 2.98. The standard InChI is InChI=1S/C17H24O3/c1-4-7-10-19-14-9-8-13-11-16(20-15(13)12-14)17(18,5-2)6-3/h8-9,11-12,18H,4-7,10H2,1-3H3. The number of furan rings is 1. The first-order valence-corrected chi connectivity index (χ1v) is 7.52. The largest absolute Gasteiger partial charge is 0.493 e. The summed E-state index contributed by atoms with van der Waals surface area (Å²) in [6, 6.07) is 7.77. The van der Waals surface area contributed by atoms with Crippen LogP contribution in [0.4, 0.5) is 0 Å². The van der Waals surface area contributed by atoms with Crippen molar-refractivity contribution in [3.63, 3.8) is 0 Å². The highest BCUT2D eigenvalue weighted by atomic mass is 16.5. The Morgan fingerprint density at radius 2 is 1.90 bits per heavy atom. The van der Waals surface area contributed by atoms with Gasteiger partial charge in [0.25, 0.3) is 0 Å². The second-order valence-corrected chi connectivity index (χ2v) is 5.25. The SMILES string of the molecule is CCCCOc1ccc2cc(C(O)(CC)CC)oc2c1. The van der Waals surface area contributed by atoms with E-state index < -0.39 is 5.60 Å². The topological polar surface area (TPSA) is 42.6 Å². The van der Waals surface area contributed by atoms with Gasteiger partial charge in [-0.05, 0) is 37.5 Å². The number of benzene rings is 1. The van der Waals surface area contributed by atoms with E-state index in [9.17, 15) is 5.11 Å². The molecule has 20 heavy (non-hydrogen) atoms. The zero-order valence-electron chi connectivity index (χ0n) is 12.6. The molecular formula is C17H24O3. The van der Waals surface area contributed by atoms with Gasteiger partial charge in [0.05, 0.1) is 6.61 Å². The van der Waals surface area contributed by atoms with Crippen molar-refractivity contribution in [1.82, 2.24) is 0 Å². The molecule has 0 aliphatic rings. The summed E-state index contributed by atoms with van der Waals surface area (Å²) in [7, 11) is 0. The maximum atomic E-state index is 10.5. The summed E-state index contributed by atoms with van der Waals surface area (Å²) in [4.78, 5) is 0. The lowest BCUT2D eigenvalue weighted by Crippen LogP contribution is -2.22. The number of hydrogen-bond acceptors (Lipinski definition) is 3. The predicted octanol–water partition coefficient (Wildman–Crippen LogP) is 4.62. The fourth-order valence-electron chi connectivity index (χ4n) is 2.26. The number of rotatable bonds is 7. The highest BCUT2D eigenvalue weighted by Crippen LogP contribution is 2.34. The molecule has 0 fully saturated rings. The predicted molar refractivity (Wildman–Crippen MR) is 81.1 cm³/mol. The van der Waals surface area contributed by atoms with Crippen molar-refractivity contribution in [3.8, 4) is 5.75 Å². The van der Waals surface area contributed by atoms with E-state index in [2.05, 4.69) is 6.92 Å². The molecule has 0 saturated heterocycles. The maximum Gasteiger partial charge on any atom is 0.138 e. The molecule has 1 aromatic carbocycles. The lowest BCUT2D eigenvalue weighted by Gasteiger charge is -2.21. The van der Waals surface area contributed by atoms with Crippen molar-refractivity contribution in [2.24, 2.45) is 0 Å². The molecule has 2 rings (SSSR count). The Labute approximate surface area is 120 Å². The van der Waals surface area contributed by atoms with Gasteiger partial charge >= 0.3 is 0 Å². The zero-order valence-corrected chi connectivity index (χ0v) is 12.6. The van der Waals surface area contributed by atoms with Crippen LogP contribution in [-0.4, -0.2) is 11.7 Å². The third-order valence-corrected chi connectivity index (χ3v) is 3.89. The Hall–Kier alpha value is -1.48. The van der Waals surface area contributed by atoms with E-state index in [0.717, 1.165) is 36.2 Å². The molecule has 1 heterocycles. The Morgan fingerprint density at radius 1 is 1.15 bits per heavy atom. The van der Waals surface area contributed by atoms with E-state index in [0.29, 0.717) is 18.6 Å². The average molecular weight is 276 g/mol. The Bertz CT molecular complexity index is 552. The van der Waals surface area contributed by atoms with Crippen LogP contribution in [0.15, 0.2) is 28.7 Å². The van der Waals surface area contributed by atoms with Gasteiger partial charge in [0.15, 0.2) is 0 Å². The number of fused-ring (bicyclic) bond motifs is 1. The van der Waals surface area contributed by atoms with Crippen LogP contribution in [0.3, 0.4) is 0 Å². The molecule has 0 radical (unpaired) electrons. The van der Waals surface area contributed by atoms with E-state index in [1.807, 2.05) is 38.1 Å². The van der Waals surface area contributed by atoms with E-state index in [-0.39, 0.29) is 0 Å². The van der Waals surface area contributed by atoms with Gasteiger partial charge in [-0.2, -0.15) is 0 Å². The van der Waals surface area contributed by atoms with Gasteiger partial charge in [0.2, 0.25) is 0 Å². The minimum Gasteiger partial charge on any atom is -0.493 e. The molecule has 0 unspecified atom stereocenters. The summed E-state index contributed by atoms with van der Waals surface area (Å²) in [5.74, 6) is 1.46. The average Bonchev–Trinajstić information content (AvgIpc) is 2.90. The minimum absolute atomic E-state index is 0.642. The molecule has 3 heteroatoms. The summed E-state index contributed by atoms with van der Waals surface area (Å²) in [6.45, 7) is 6.80. The Kier molecular flexibility index (Phi) is 4.71. The number of hydrogen-bond donors (Lipinski definition) is 1. The van der Waals surface area contributed by atoms with E-state index in [4.69, 9.17) is 9.15 Å². The van der Waals surface area contributed by atoms with Gasteiger partial charge in [-0.25, -0.2) is 0 Å². The maximum absolute atomic E-state index is 10.5. The van der Waals surface area contributed by atoms with Crippen LogP contribution in [-0.2, 0) is 5.60 Å². The van der Waals surface area contributed by atoms with Crippen molar-refractivity contribution in [3.05, 3.63) is 30.0 Å². The van der Waals surface area contributed by atoms with E-state index >= 15 is 0 Å². The molecule has 1 N–H and O–H groups in total. The van der Waals surface area contributed by atoms with Gasteiger partial charge < -0.3 is 14.3 Å². The molecule has 0 spiro atoms. The second-order valence-electron chi connectivity index (χ2n) is 5.25. The summed E-state index contributed by atoms with van der Waals surface area (Å²) in [5, 5.41) is 11.5. The van der Waals surface area contributed by atoms with Crippen LogP contribution < -0.4 is 4.74 Å². The van der Waals surface area contributed by atoms with Crippen molar-refractivity contribution in [2.45, 2.75) is 52.1 Å². The summed E-state index contributed by atoms with van der Waals surface area (Å²) < 4.78 is 11.5. The second kappa shape index (κ2) is 6.31. The van der Waals surface area contributed by atoms with Crippen molar-refractivity contribution in [2.75, 3.05) is 6.61 Å². The normalized spacial score (nSPS) is 12.0. The minimum atomic E-state index is -0.873. The smallest absolute Gasteiger partial charge is 0.138 e. The highest BCUT2D eigenvalue weighted by Gasteiger charge is 2.28. The first kappa shape index (κ1) is 14.9. The lowest BCUT2D eigenvalue weighted by molar-refractivity contribution is 0.00831. The van der Waals surface area contributed by atoms with Gasteiger partial charge in [0.1, 0.15) is 22.7 Å². The fourth-order valence-corrected chi connectivity index (χ4v) is 2.26. The van der Waals surface area contributed by atoms with Crippen LogP contribution in [0, 0.1) is 0 Å². The third-order valence-electron chi connectivity index (χ3n) is 3.89. The van der Waals surface area contributed by atoms with Crippen LogP contribution in [0.2, 0.25) is 0 Å². The van der Waals surface area contributed by atoms with Gasteiger partial charge in [-0.15, -0.1) is 0 Å². The molecule has 0 saturated carbocycles. The fraction of sp³-hybridized carbons (Fsp3) is 0.529. The van der Waals surface area contributed by atoms with Gasteiger partial charge in [-0.1, -0.05) is 27.2 Å².